The van der Waals surface area contributed by atoms with Crippen molar-refractivity contribution in [1.29, 1.82) is 0 Å². The molecule has 32 heavy (non-hydrogen) atoms. The molecule has 0 atom stereocenters. The third-order valence-electron chi connectivity index (χ3n) is 4.64. The summed E-state index contributed by atoms with van der Waals surface area (Å²) in [6, 6.07) is 7.07. The number of aromatic amines is 1. The number of alkyl halides is 5. The molecule has 0 spiro atoms. The molecule has 0 aliphatic rings. The normalized spacial score (nSPS) is 12.2. The zero-order chi connectivity index (χ0) is 23.6. The Labute approximate surface area is 184 Å². The Morgan fingerprint density at radius 1 is 1.16 bits per heavy atom. The summed E-state index contributed by atoms with van der Waals surface area (Å²) in [7, 11) is 0.983. The van der Waals surface area contributed by atoms with Gasteiger partial charge < -0.3 is 9.72 Å². The number of halogens is 5. The number of fused-ring (bicyclic) bond motifs is 1. The maximum absolute atomic E-state index is 13.9. The summed E-state index contributed by atoms with van der Waals surface area (Å²) in [5.41, 5.74) is -2.39. The van der Waals surface area contributed by atoms with Crippen molar-refractivity contribution in [1.82, 2.24) is 15.0 Å². The average molecular weight is 473 g/mol. The first-order valence-corrected chi connectivity index (χ1v) is 10.6. The summed E-state index contributed by atoms with van der Waals surface area (Å²) in [5.74, 6) is -1.65. The number of esters is 1. The van der Waals surface area contributed by atoms with Crippen LogP contribution in [0.2, 0.25) is 0 Å². The number of carbonyl (C=O) groups excluding carboxylic acids is 1. The molecule has 2 heterocycles. The molecular formula is C21H20F5N3O2S. The van der Waals surface area contributed by atoms with Gasteiger partial charge in [-0.15, -0.1) is 0 Å². The highest BCUT2D eigenvalue weighted by molar-refractivity contribution is 7.98. The van der Waals surface area contributed by atoms with Crippen LogP contribution < -0.4 is 0 Å². The van der Waals surface area contributed by atoms with Gasteiger partial charge in [0.1, 0.15) is 11.4 Å². The predicted octanol–water partition coefficient (Wildman–Crippen LogP) is 6.19. The SMILES string of the molecule is COC(=O)c1c(C(F)F)nc(C(F)(F)F)c(CSc2nc3ccccc3[nH]2)c1CC(C)C. The number of aromatic nitrogens is 3. The summed E-state index contributed by atoms with van der Waals surface area (Å²) in [5, 5.41) is 0.354. The molecule has 1 aromatic carbocycles. The van der Waals surface area contributed by atoms with E-state index in [9.17, 15) is 26.7 Å². The molecule has 0 saturated carbocycles. The Hall–Kier alpha value is -2.69. The molecule has 0 unspecified atom stereocenters. The number of hydrogen-bond donors (Lipinski definition) is 1. The second-order valence-corrected chi connectivity index (χ2v) is 8.38. The number of ether oxygens (including phenoxy) is 1. The van der Waals surface area contributed by atoms with Crippen molar-refractivity contribution in [2.45, 2.75) is 43.8 Å². The van der Waals surface area contributed by atoms with Crippen LogP contribution in [-0.4, -0.2) is 28.0 Å². The molecule has 2 aromatic heterocycles. The quantitative estimate of drug-likeness (QED) is 0.252. The lowest BCUT2D eigenvalue weighted by atomic mass is 9.91. The summed E-state index contributed by atoms with van der Waals surface area (Å²) in [6.45, 7) is 3.43. The third-order valence-corrected chi connectivity index (χ3v) is 5.54. The molecule has 0 radical (unpaired) electrons. The highest BCUT2D eigenvalue weighted by Gasteiger charge is 2.40. The van der Waals surface area contributed by atoms with Crippen LogP contribution in [0.3, 0.4) is 0 Å². The molecular weight excluding hydrogens is 453 g/mol. The number of pyridine rings is 1. The molecule has 0 bridgehead atoms. The van der Waals surface area contributed by atoms with E-state index in [-0.39, 0.29) is 29.2 Å². The van der Waals surface area contributed by atoms with Crippen LogP contribution in [0.1, 0.15) is 53.1 Å². The maximum atomic E-state index is 13.9. The number of thioether (sulfide) groups is 1. The Morgan fingerprint density at radius 3 is 2.41 bits per heavy atom. The second-order valence-electron chi connectivity index (χ2n) is 7.41. The van der Waals surface area contributed by atoms with Gasteiger partial charge >= 0.3 is 12.1 Å². The van der Waals surface area contributed by atoms with Crippen LogP contribution in [0, 0.1) is 5.92 Å². The van der Waals surface area contributed by atoms with E-state index in [0.717, 1.165) is 18.9 Å². The lowest BCUT2D eigenvalue weighted by Gasteiger charge is -2.22. The van der Waals surface area contributed by atoms with Crippen LogP contribution >= 0.6 is 11.8 Å². The maximum Gasteiger partial charge on any atom is 0.433 e. The molecule has 0 fully saturated rings. The van der Waals surface area contributed by atoms with Crippen molar-refractivity contribution in [3.8, 4) is 0 Å². The van der Waals surface area contributed by atoms with Gasteiger partial charge in [-0.2, -0.15) is 13.2 Å². The minimum absolute atomic E-state index is 0.0359. The fourth-order valence-electron chi connectivity index (χ4n) is 3.34. The van der Waals surface area contributed by atoms with E-state index < -0.39 is 35.5 Å². The highest BCUT2D eigenvalue weighted by atomic mass is 32.2. The monoisotopic (exact) mass is 473 g/mol. The van der Waals surface area contributed by atoms with Crippen molar-refractivity contribution in [3.05, 3.63) is 52.3 Å². The van der Waals surface area contributed by atoms with Gasteiger partial charge in [0.2, 0.25) is 0 Å². The second kappa shape index (κ2) is 9.43. The molecule has 172 valence electrons. The van der Waals surface area contributed by atoms with Gasteiger partial charge in [0.25, 0.3) is 6.43 Å². The molecule has 0 aliphatic carbocycles. The van der Waals surface area contributed by atoms with E-state index in [1.165, 1.54) is 0 Å². The fraction of sp³-hybridized carbons (Fsp3) is 0.381. The molecule has 0 aliphatic heterocycles. The van der Waals surface area contributed by atoms with Gasteiger partial charge in [0.15, 0.2) is 5.16 Å². The molecule has 11 heteroatoms. The highest BCUT2D eigenvalue weighted by Crippen LogP contribution is 2.40. The first-order valence-electron chi connectivity index (χ1n) is 9.59. The first kappa shape index (κ1) is 24.0. The average Bonchev–Trinajstić information content (AvgIpc) is 3.13. The van der Waals surface area contributed by atoms with Crippen molar-refractivity contribution in [3.63, 3.8) is 0 Å². The number of benzene rings is 1. The number of nitrogens with one attached hydrogen (secondary N) is 1. The van der Waals surface area contributed by atoms with Crippen LogP contribution in [-0.2, 0) is 23.1 Å². The molecule has 0 saturated heterocycles. The number of carbonyl (C=O) groups is 1. The number of H-pyrrole nitrogens is 1. The van der Waals surface area contributed by atoms with E-state index >= 15 is 0 Å². The minimum Gasteiger partial charge on any atom is -0.465 e. The zero-order valence-corrected chi connectivity index (χ0v) is 18.2. The van der Waals surface area contributed by atoms with Crippen molar-refractivity contribution < 1.29 is 31.5 Å². The predicted molar refractivity (Wildman–Crippen MR) is 110 cm³/mol. The van der Waals surface area contributed by atoms with Gasteiger partial charge in [-0.05, 0) is 35.6 Å². The van der Waals surface area contributed by atoms with Gasteiger partial charge in [-0.3, -0.25) is 0 Å². The van der Waals surface area contributed by atoms with Crippen molar-refractivity contribution in [2.75, 3.05) is 7.11 Å². The Morgan fingerprint density at radius 2 is 1.84 bits per heavy atom. The number of nitrogens with zero attached hydrogens (tertiary/aromatic N) is 2. The van der Waals surface area contributed by atoms with Crippen LogP contribution in [0.5, 0.6) is 0 Å². The Bertz CT molecular complexity index is 1100. The van der Waals surface area contributed by atoms with E-state index in [1.54, 1.807) is 38.1 Å². The van der Waals surface area contributed by atoms with E-state index in [0.29, 0.717) is 16.2 Å². The minimum atomic E-state index is -4.99. The molecule has 3 rings (SSSR count). The standard InChI is InChI=1S/C21H20F5N3O2S/c1-10(2)8-11-12(9-32-20-27-13-6-4-5-7-14(13)28-20)17(21(24,25)26)29-16(18(22)23)15(11)19(30)31-3/h4-7,10,18H,8-9H2,1-3H3,(H,27,28). The van der Waals surface area contributed by atoms with Crippen molar-refractivity contribution in [2.24, 2.45) is 5.92 Å². The number of para-hydroxylation sites is 2. The number of methoxy groups -OCH3 is 1. The summed E-state index contributed by atoms with van der Waals surface area (Å²) in [4.78, 5) is 22.9. The lowest BCUT2D eigenvalue weighted by molar-refractivity contribution is -0.142. The molecule has 5 nitrogen and oxygen atoms in total. The summed E-state index contributed by atoms with van der Waals surface area (Å²) < 4.78 is 73.5. The van der Waals surface area contributed by atoms with Crippen LogP contribution in [0.25, 0.3) is 11.0 Å². The number of rotatable bonds is 7. The largest absolute Gasteiger partial charge is 0.465 e. The molecule has 1 N–H and O–H groups in total. The van der Waals surface area contributed by atoms with E-state index in [4.69, 9.17) is 0 Å². The topological polar surface area (TPSA) is 67.9 Å². The Kier molecular flexibility index (Phi) is 7.06. The fourth-order valence-corrected chi connectivity index (χ4v) is 4.28. The van der Waals surface area contributed by atoms with Gasteiger partial charge in [0.05, 0.1) is 23.7 Å². The third kappa shape index (κ3) is 5.03. The number of hydrogen-bond acceptors (Lipinski definition) is 5. The van der Waals surface area contributed by atoms with Gasteiger partial charge in [-0.1, -0.05) is 37.7 Å². The summed E-state index contributed by atoms with van der Waals surface area (Å²) >= 11 is 0.967. The first-order chi connectivity index (χ1) is 15.0. The van der Waals surface area contributed by atoms with Crippen molar-refractivity contribution >= 4 is 28.8 Å². The molecule has 0 amide bonds. The van der Waals surface area contributed by atoms with Gasteiger partial charge in [0, 0.05) is 5.75 Å². The van der Waals surface area contributed by atoms with E-state index in [2.05, 4.69) is 19.7 Å². The zero-order valence-electron chi connectivity index (χ0n) is 17.4. The van der Waals surface area contributed by atoms with E-state index in [1.807, 2.05) is 0 Å². The van der Waals surface area contributed by atoms with Gasteiger partial charge in [-0.25, -0.2) is 23.5 Å². The lowest BCUT2D eigenvalue weighted by Crippen LogP contribution is -2.22. The van der Waals surface area contributed by atoms with Crippen LogP contribution in [0.4, 0.5) is 22.0 Å². The Balaban J connectivity index is 2.18. The number of imidazole rings is 1. The smallest absolute Gasteiger partial charge is 0.433 e. The summed E-state index contributed by atoms with van der Waals surface area (Å²) in [6.07, 6.45) is -8.41. The molecule has 3 aromatic rings. The van der Waals surface area contributed by atoms with Crippen LogP contribution in [0.15, 0.2) is 29.4 Å².